The van der Waals surface area contributed by atoms with Crippen molar-refractivity contribution in [2.75, 3.05) is 79.2 Å². The molecule has 0 aliphatic carbocycles. The highest BCUT2D eigenvalue weighted by Gasteiger charge is 2.52. The zero-order valence-electron chi connectivity index (χ0n) is 58.7. The van der Waals surface area contributed by atoms with Crippen molar-refractivity contribution in [1.82, 2.24) is 20.3 Å². The van der Waals surface area contributed by atoms with Crippen LogP contribution in [0.15, 0.2) is 0 Å². The molecule has 4 saturated heterocycles. The van der Waals surface area contributed by atoms with Gasteiger partial charge in [0.15, 0.2) is 10.8 Å². The van der Waals surface area contributed by atoms with E-state index in [-0.39, 0.29) is 135 Å². The third-order valence-corrected chi connectivity index (χ3v) is 18.6. The number of piperidine rings is 4. The Balaban J connectivity index is 1.33. The van der Waals surface area contributed by atoms with Crippen LogP contribution in [0.4, 0.5) is 0 Å². The monoisotopic (exact) mass is 1310 g/mol. The lowest BCUT2D eigenvalue weighted by Crippen LogP contribution is -2.59. The number of rotatable bonds is 41. The van der Waals surface area contributed by atoms with Crippen LogP contribution < -0.4 is 0 Å². The Morgan fingerprint density at radius 1 is 0.337 bits per heavy atom. The molecule has 0 saturated carbocycles. The van der Waals surface area contributed by atoms with E-state index >= 15 is 0 Å². The summed E-state index contributed by atoms with van der Waals surface area (Å²) in [5.74, 6) is -4.43. The van der Waals surface area contributed by atoms with Crippen molar-refractivity contribution in [2.24, 2.45) is 10.8 Å². The number of hydroxylamine groups is 8. The Kier molecular flexibility index (Phi) is 32.6. The normalized spacial score (nSPS) is 21.5. The molecule has 0 aromatic heterocycles. The van der Waals surface area contributed by atoms with E-state index in [1.807, 2.05) is 96.9 Å². The number of ether oxygens (including phenoxy) is 10. The molecule has 1 atom stereocenters. The van der Waals surface area contributed by atoms with Gasteiger partial charge in [-0.15, -0.1) is 36.0 Å². The van der Waals surface area contributed by atoms with E-state index in [2.05, 4.69) is 0 Å². The lowest BCUT2D eigenvalue weighted by molar-refractivity contribution is -0.301. The molecule has 0 aromatic carbocycles. The predicted octanol–water partition coefficient (Wildman–Crippen LogP) is 10.5. The summed E-state index contributed by atoms with van der Waals surface area (Å²) in [5, 5.41) is 54.7. The molecular weight excluding hydrogens is 1190 g/mol. The zero-order valence-corrected chi connectivity index (χ0v) is 58.7. The van der Waals surface area contributed by atoms with Gasteiger partial charge in [-0.25, -0.2) is 0 Å². The van der Waals surface area contributed by atoms with E-state index in [1.54, 1.807) is 0 Å². The van der Waals surface area contributed by atoms with Gasteiger partial charge >= 0.3 is 35.8 Å². The molecular formula is C68H118N4O20. The molecule has 4 aliphatic heterocycles. The summed E-state index contributed by atoms with van der Waals surface area (Å²) in [5.41, 5.74) is -7.14. The fourth-order valence-electron chi connectivity index (χ4n) is 14.0. The number of nitrogens with zero attached hydrogens (tertiary/aromatic N) is 4. The molecule has 24 heteroatoms. The zero-order chi connectivity index (χ0) is 68.6. The van der Waals surface area contributed by atoms with Crippen LogP contribution in [-0.4, -0.2) is 193 Å². The van der Waals surface area contributed by atoms with E-state index in [1.165, 1.54) is 0 Å². The first kappa shape index (κ1) is 80.8. The predicted molar refractivity (Wildman–Crippen MR) is 336 cm³/mol. The number of carbonyl (C=O) groups excluding carboxylic acids is 6. The fourth-order valence-corrected chi connectivity index (χ4v) is 14.0. The molecule has 0 aromatic rings. The van der Waals surface area contributed by atoms with Crippen molar-refractivity contribution in [2.45, 2.75) is 309 Å². The van der Waals surface area contributed by atoms with Gasteiger partial charge in [0.2, 0.25) is 0 Å². The third kappa shape index (κ3) is 24.8. The van der Waals surface area contributed by atoms with E-state index in [9.17, 15) is 49.6 Å². The standard InChI is InChI=1S/C68H118N4O20/c1-15-17-29-67(57(75)89-41-21-37-83-51-27-33-69(79)34-28-51,58(76)90-42-22-38-84-52-45-61(3,4)70(80)62(5,6)46-52)31-19-35-87-55(73)25-26-56(74)88-36-20-32-68(30-18-16-2,59(77)91-43-23-39-85-53-47-63(7,8)71(81)64(9,10)48-53)60(78)92-44-24-40-86-54-49-65(11,12)72(82)66(13,14)50-54/h51-54H,15-50H2,1-14H3. The number of hydrogen-bond acceptors (Lipinski definition) is 20. The Bertz CT molecular complexity index is 2150. The number of hydrogen-bond donors (Lipinski definition) is 0. The quantitative estimate of drug-likeness (QED) is 0.0238. The van der Waals surface area contributed by atoms with Gasteiger partial charge < -0.3 is 47.4 Å². The largest absolute Gasteiger partial charge is 0.466 e. The summed E-state index contributed by atoms with van der Waals surface area (Å²) in [7, 11) is 0. The molecule has 530 valence electrons. The molecule has 4 aliphatic rings. The maximum Gasteiger partial charge on any atom is 0.323 e. The van der Waals surface area contributed by atoms with Gasteiger partial charge in [-0.3, -0.25) is 28.8 Å². The summed E-state index contributed by atoms with van der Waals surface area (Å²) in [6.07, 6.45) is 7.23. The third-order valence-electron chi connectivity index (χ3n) is 18.6. The van der Waals surface area contributed by atoms with Crippen molar-refractivity contribution in [1.29, 1.82) is 0 Å². The van der Waals surface area contributed by atoms with Crippen molar-refractivity contribution in [3.63, 3.8) is 0 Å². The van der Waals surface area contributed by atoms with Gasteiger partial charge in [-0.1, -0.05) is 39.5 Å². The van der Waals surface area contributed by atoms with Crippen LogP contribution in [0.2, 0.25) is 0 Å². The van der Waals surface area contributed by atoms with E-state index in [4.69, 9.17) is 47.4 Å². The molecule has 4 fully saturated rings. The number of unbranched alkanes of at least 4 members (excludes halogenated alkanes) is 2. The Labute approximate surface area is 549 Å². The molecule has 4 heterocycles. The summed E-state index contributed by atoms with van der Waals surface area (Å²) in [6.45, 7) is 28.0. The Morgan fingerprint density at radius 3 is 0.837 bits per heavy atom. The van der Waals surface area contributed by atoms with Crippen molar-refractivity contribution >= 4 is 35.8 Å². The summed E-state index contributed by atoms with van der Waals surface area (Å²) < 4.78 is 58.8. The van der Waals surface area contributed by atoms with Crippen LogP contribution in [0.5, 0.6) is 0 Å². The van der Waals surface area contributed by atoms with E-state index in [0.29, 0.717) is 122 Å². The fraction of sp³-hybridized carbons (Fsp3) is 0.912. The van der Waals surface area contributed by atoms with Crippen LogP contribution in [0, 0.1) is 10.8 Å². The average Bonchev–Trinajstić information content (AvgIpc) is 0.816. The van der Waals surface area contributed by atoms with Crippen LogP contribution in [0.25, 0.3) is 0 Å². The smallest absolute Gasteiger partial charge is 0.323 e. The minimum atomic E-state index is -1.73. The molecule has 0 bridgehead atoms. The lowest BCUT2D eigenvalue weighted by atomic mass is 9.78. The van der Waals surface area contributed by atoms with Gasteiger partial charge in [-0.2, -0.15) is 5.06 Å². The number of carbonyl (C=O) groups is 6. The number of esters is 6. The first-order valence-electron chi connectivity index (χ1n) is 34.4. The SMILES string of the molecule is CCCCC(CCCOC(=O)CCC(=O)OCCCC(CCCC)(C(=O)OCCCOC1CC(C)(C)N([O])C(C)(C)C1)C(=O)OCCCOC1CC(C)(C)N([O])C(C)(C)C1)(C(=O)OCCCOC1CCN([O])CC1)C(=O)OCCCOC1CC(C)(C)N([O])C(C)(C)C1. The molecule has 92 heavy (non-hydrogen) atoms. The van der Waals surface area contributed by atoms with Crippen LogP contribution in [0.3, 0.4) is 0 Å². The van der Waals surface area contributed by atoms with Crippen LogP contribution in [0.1, 0.15) is 251 Å². The van der Waals surface area contributed by atoms with Gasteiger partial charge in [0.25, 0.3) is 0 Å². The highest BCUT2D eigenvalue weighted by molar-refractivity contribution is 6.00. The van der Waals surface area contributed by atoms with Crippen LogP contribution >= 0.6 is 0 Å². The lowest BCUT2D eigenvalue weighted by Gasteiger charge is -2.49. The Morgan fingerprint density at radius 2 is 0.576 bits per heavy atom. The second kappa shape index (κ2) is 37.2. The first-order chi connectivity index (χ1) is 43.1. The maximum atomic E-state index is 14.3. The molecule has 4 radical (unpaired) electrons. The van der Waals surface area contributed by atoms with Gasteiger partial charge in [0.05, 0.1) is 103 Å². The van der Waals surface area contributed by atoms with Gasteiger partial charge in [0, 0.05) is 72.0 Å². The molecule has 0 spiro atoms. The molecule has 0 N–H and O–H groups in total. The maximum absolute atomic E-state index is 14.3. The van der Waals surface area contributed by atoms with E-state index < -0.39 is 79.9 Å². The highest BCUT2D eigenvalue weighted by atomic mass is 16.6. The summed E-state index contributed by atoms with van der Waals surface area (Å²) in [6, 6.07) is 0. The van der Waals surface area contributed by atoms with Crippen molar-refractivity contribution in [3.8, 4) is 0 Å². The van der Waals surface area contributed by atoms with E-state index in [0.717, 1.165) is 20.3 Å². The summed E-state index contributed by atoms with van der Waals surface area (Å²) in [4.78, 5) is 83.1. The molecule has 4 rings (SSSR count). The Hall–Kier alpha value is -3.66. The van der Waals surface area contributed by atoms with Gasteiger partial charge in [-0.05, 0) is 173 Å². The minimum Gasteiger partial charge on any atom is -0.466 e. The second-order valence-electron chi connectivity index (χ2n) is 29.9. The van der Waals surface area contributed by atoms with Crippen molar-refractivity contribution in [3.05, 3.63) is 0 Å². The van der Waals surface area contributed by atoms with Crippen molar-refractivity contribution < 1.29 is 97.0 Å². The second-order valence-corrected chi connectivity index (χ2v) is 29.9. The minimum absolute atomic E-state index is 0.0195. The first-order valence-corrected chi connectivity index (χ1v) is 34.4. The average molecular weight is 1310 g/mol. The molecule has 24 nitrogen and oxygen atoms in total. The molecule has 0 amide bonds. The topological polar surface area (TPSA) is 287 Å². The summed E-state index contributed by atoms with van der Waals surface area (Å²) >= 11 is 0. The highest BCUT2D eigenvalue weighted by Crippen LogP contribution is 2.42. The van der Waals surface area contributed by atoms with Crippen LogP contribution in [-0.2, 0) is 97.0 Å². The van der Waals surface area contributed by atoms with Gasteiger partial charge in [0.1, 0.15) is 0 Å². The molecule has 1 unspecified atom stereocenters.